The van der Waals surface area contributed by atoms with Crippen LogP contribution in [0.25, 0.3) is 128 Å². The molecule has 0 radical (unpaired) electrons. The Kier molecular flexibility index (Phi) is 6.86. The molecule has 2 heterocycles. The van der Waals surface area contributed by atoms with Crippen LogP contribution in [0, 0.1) is 0 Å². The van der Waals surface area contributed by atoms with Gasteiger partial charge in [-0.1, -0.05) is 152 Å². The normalized spacial score (nSPS) is 12.1. The number of hydrogen-bond acceptors (Lipinski definition) is 2. The molecule has 0 fully saturated rings. The molecule has 0 nitrogen and oxygen atoms in total. The monoisotopic (exact) mass is 768 g/mol. The molecule has 0 spiro atoms. The van der Waals surface area contributed by atoms with E-state index in [9.17, 15) is 0 Å². The minimum Gasteiger partial charge on any atom is -0.135 e. The Bertz CT molecular complexity index is 3800. The maximum Gasteiger partial charge on any atom is 0.0440 e. The summed E-state index contributed by atoms with van der Waals surface area (Å²) in [4.78, 5) is 0. The number of thiophene rings is 2. The van der Waals surface area contributed by atoms with Crippen LogP contribution in [0.2, 0.25) is 0 Å². The van der Waals surface area contributed by atoms with Crippen molar-refractivity contribution in [2.75, 3.05) is 0 Å². The molecule has 0 saturated heterocycles. The standard InChI is InChI=1S/C56H32S2/c1-2-12-34-29-38(24-21-33(34)11-1)51-42-15-5-7-17-44(42)52(45-18-8-6-16-43(45)51)39-25-22-36-31-40(26-23-35(36)30-39)53-41-14-4-3-13-37(41)32-47-55-50(58-56(47)53)28-27-49-54(55)46-19-9-10-20-48(46)57-49/h1-32H. The number of benzene rings is 11. The highest BCUT2D eigenvalue weighted by Crippen LogP contribution is 2.50. The fourth-order valence-corrected chi connectivity index (χ4v) is 12.2. The van der Waals surface area contributed by atoms with E-state index in [4.69, 9.17) is 0 Å². The van der Waals surface area contributed by atoms with Crippen LogP contribution < -0.4 is 0 Å². The Labute approximate surface area is 342 Å². The molecule has 2 heteroatoms. The summed E-state index contributed by atoms with van der Waals surface area (Å²) >= 11 is 3.84. The molecular formula is C56H32S2. The summed E-state index contributed by atoms with van der Waals surface area (Å²) in [7, 11) is 0. The Morgan fingerprint density at radius 3 is 1.29 bits per heavy atom. The van der Waals surface area contributed by atoms with Gasteiger partial charge in [-0.25, -0.2) is 0 Å². The van der Waals surface area contributed by atoms with Gasteiger partial charge in [0.15, 0.2) is 0 Å². The second kappa shape index (κ2) is 12.3. The average molecular weight is 769 g/mol. The third-order valence-corrected chi connectivity index (χ3v) is 14.7. The fraction of sp³-hybridized carbons (Fsp3) is 0. The zero-order valence-electron chi connectivity index (χ0n) is 31.3. The molecule has 0 saturated carbocycles. The molecule has 0 aliphatic rings. The van der Waals surface area contributed by atoms with E-state index in [0.29, 0.717) is 0 Å². The van der Waals surface area contributed by atoms with Gasteiger partial charge in [0.1, 0.15) is 0 Å². The molecule has 268 valence electrons. The fourth-order valence-electron chi connectivity index (χ4n) is 9.82. The molecule has 0 bridgehead atoms. The van der Waals surface area contributed by atoms with Gasteiger partial charge in [0.25, 0.3) is 0 Å². The molecule has 58 heavy (non-hydrogen) atoms. The number of fused-ring (bicyclic) bond motifs is 12. The van der Waals surface area contributed by atoms with Gasteiger partial charge in [-0.2, -0.15) is 0 Å². The molecule has 2 aromatic heterocycles. The zero-order chi connectivity index (χ0) is 37.9. The minimum atomic E-state index is 1.24. The molecule has 11 aromatic carbocycles. The lowest BCUT2D eigenvalue weighted by atomic mass is 9.85. The van der Waals surface area contributed by atoms with Crippen molar-refractivity contribution in [1.82, 2.24) is 0 Å². The van der Waals surface area contributed by atoms with Gasteiger partial charge in [0.2, 0.25) is 0 Å². The van der Waals surface area contributed by atoms with Crippen molar-refractivity contribution < 1.29 is 0 Å². The van der Waals surface area contributed by atoms with Gasteiger partial charge in [0.05, 0.1) is 0 Å². The summed E-state index contributed by atoms with van der Waals surface area (Å²) in [6, 6.07) is 72.6. The van der Waals surface area contributed by atoms with Crippen molar-refractivity contribution in [2.24, 2.45) is 0 Å². The molecule has 0 amide bonds. The SMILES string of the molecule is c1ccc2cc(-c3c4ccccc4c(-c4ccc5cc(-c6c7ccccc7cc7c6sc6ccc8sc9ccccc9c8c67)ccc5c4)c4ccccc34)ccc2c1. The predicted molar refractivity (Wildman–Crippen MR) is 256 cm³/mol. The van der Waals surface area contributed by atoms with Gasteiger partial charge >= 0.3 is 0 Å². The summed E-state index contributed by atoms with van der Waals surface area (Å²) in [6.45, 7) is 0. The van der Waals surface area contributed by atoms with Crippen molar-refractivity contribution in [2.45, 2.75) is 0 Å². The van der Waals surface area contributed by atoms with E-state index in [-0.39, 0.29) is 0 Å². The van der Waals surface area contributed by atoms with Gasteiger partial charge in [-0.3, -0.25) is 0 Å². The lowest BCUT2D eigenvalue weighted by Gasteiger charge is -2.18. The summed E-state index contributed by atoms with van der Waals surface area (Å²) in [6.07, 6.45) is 0. The highest BCUT2D eigenvalue weighted by molar-refractivity contribution is 7.28. The maximum absolute atomic E-state index is 2.44. The van der Waals surface area contributed by atoms with Gasteiger partial charge in [-0.05, 0) is 124 Å². The second-order valence-electron chi connectivity index (χ2n) is 15.5. The highest BCUT2D eigenvalue weighted by atomic mass is 32.1. The van der Waals surface area contributed by atoms with Crippen LogP contribution in [-0.4, -0.2) is 0 Å². The zero-order valence-corrected chi connectivity index (χ0v) is 32.9. The molecular weight excluding hydrogens is 737 g/mol. The van der Waals surface area contributed by atoms with Gasteiger partial charge in [-0.15, -0.1) is 22.7 Å². The summed E-state index contributed by atoms with van der Waals surface area (Å²) < 4.78 is 5.41. The van der Waals surface area contributed by atoms with E-state index < -0.39 is 0 Å². The first-order valence-corrected chi connectivity index (χ1v) is 21.5. The van der Waals surface area contributed by atoms with E-state index in [1.54, 1.807) is 0 Å². The molecule has 0 unspecified atom stereocenters. The van der Waals surface area contributed by atoms with Gasteiger partial charge < -0.3 is 0 Å². The Morgan fingerprint density at radius 1 is 0.241 bits per heavy atom. The molecule has 0 aliphatic heterocycles. The molecule has 13 aromatic rings. The summed E-state index contributed by atoms with van der Waals surface area (Å²) in [5, 5.41) is 18.2. The first kappa shape index (κ1) is 32.3. The third-order valence-electron chi connectivity index (χ3n) is 12.4. The highest BCUT2D eigenvalue weighted by Gasteiger charge is 2.20. The number of hydrogen-bond donors (Lipinski definition) is 0. The van der Waals surface area contributed by atoms with Crippen molar-refractivity contribution in [1.29, 1.82) is 0 Å². The molecule has 0 aliphatic carbocycles. The van der Waals surface area contributed by atoms with Crippen molar-refractivity contribution in [3.63, 3.8) is 0 Å². The van der Waals surface area contributed by atoms with E-state index in [1.807, 2.05) is 22.7 Å². The van der Waals surface area contributed by atoms with E-state index in [0.717, 1.165) is 0 Å². The Hall–Kier alpha value is -6.84. The summed E-state index contributed by atoms with van der Waals surface area (Å²) in [5.41, 5.74) is 7.65. The largest absolute Gasteiger partial charge is 0.135 e. The maximum atomic E-state index is 2.44. The summed E-state index contributed by atoms with van der Waals surface area (Å²) in [5.74, 6) is 0. The van der Waals surface area contributed by atoms with Crippen LogP contribution >= 0.6 is 22.7 Å². The lowest BCUT2D eigenvalue weighted by Crippen LogP contribution is -1.91. The molecule has 0 atom stereocenters. The van der Waals surface area contributed by atoms with Crippen molar-refractivity contribution >= 4 is 117 Å². The first-order valence-electron chi connectivity index (χ1n) is 19.9. The van der Waals surface area contributed by atoms with E-state index in [2.05, 4.69) is 194 Å². The van der Waals surface area contributed by atoms with Crippen LogP contribution in [0.15, 0.2) is 194 Å². The van der Waals surface area contributed by atoms with Gasteiger partial charge in [0, 0.05) is 45.9 Å². The van der Waals surface area contributed by atoms with Crippen LogP contribution in [0.3, 0.4) is 0 Å². The predicted octanol–water partition coefficient (Wildman–Crippen LogP) is 17.2. The Balaban J connectivity index is 1.01. The van der Waals surface area contributed by atoms with Crippen molar-refractivity contribution in [3.8, 4) is 33.4 Å². The van der Waals surface area contributed by atoms with E-state index in [1.165, 1.54) is 128 Å². The van der Waals surface area contributed by atoms with Crippen LogP contribution in [0.4, 0.5) is 0 Å². The third kappa shape index (κ3) is 4.68. The molecule has 0 N–H and O–H groups in total. The molecule has 13 rings (SSSR count). The van der Waals surface area contributed by atoms with Crippen LogP contribution in [0.1, 0.15) is 0 Å². The Morgan fingerprint density at radius 2 is 0.672 bits per heavy atom. The van der Waals surface area contributed by atoms with Crippen LogP contribution in [-0.2, 0) is 0 Å². The van der Waals surface area contributed by atoms with Crippen molar-refractivity contribution in [3.05, 3.63) is 194 Å². The smallest absolute Gasteiger partial charge is 0.0440 e. The lowest BCUT2D eigenvalue weighted by molar-refractivity contribution is 1.68. The average Bonchev–Trinajstić information content (AvgIpc) is 3.85. The first-order chi connectivity index (χ1) is 28.7. The topological polar surface area (TPSA) is 0 Å². The quantitative estimate of drug-likeness (QED) is 0.157. The van der Waals surface area contributed by atoms with Crippen LogP contribution in [0.5, 0.6) is 0 Å². The van der Waals surface area contributed by atoms with E-state index >= 15 is 0 Å². The minimum absolute atomic E-state index is 1.24. The number of rotatable bonds is 3. The second-order valence-corrected chi connectivity index (χ2v) is 17.7.